The van der Waals surface area contributed by atoms with Gasteiger partial charge in [-0.1, -0.05) is 54.4 Å². The standard InChI is InChI=1S/C36H44N4S3/c1-9-11-13-23-15-26-25(29-27(23)32-31(39(29)17-19(3)4)34-36(43-32)38-22(8)42-34)16-24(14-12-10-2)28-30(26)40(18-20(5)6)35-33(28)41-21(7)37-35/h15-16,19-20H,9-14,17-18H2,1-8H3. The summed E-state index contributed by atoms with van der Waals surface area (Å²) in [5.74, 6) is 1.08. The van der Waals surface area contributed by atoms with Crippen LogP contribution in [-0.4, -0.2) is 19.1 Å². The van der Waals surface area contributed by atoms with Crippen molar-refractivity contribution in [2.24, 2.45) is 11.8 Å². The average Bonchev–Trinajstić information content (AvgIpc) is 3.72. The summed E-state index contributed by atoms with van der Waals surface area (Å²) < 4.78 is 9.51. The molecule has 0 unspecified atom stereocenters. The lowest BCUT2D eigenvalue weighted by molar-refractivity contribution is 0.544. The van der Waals surface area contributed by atoms with Gasteiger partial charge in [-0.25, -0.2) is 9.97 Å². The Labute approximate surface area is 266 Å². The van der Waals surface area contributed by atoms with Crippen molar-refractivity contribution in [1.29, 1.82) is 0 Å². The van der Waals surface area contributed by atoms with Crippen molar-refractivity contribution in [3.63, 3.8) is 0 Å². The van der Waals surface area contributed by atoms with E-state index in [1.807, 2.05) is 34.0 Å². The molecule has 2 aromatic carbocycles. The van der Waals surface area contributed by atoms with E-state index < -0.39 is 0 Å². The number of thiophene rings is 1. The second-order valence-electron chi connectivity index (χ2n) is 13.4. The molecule has 0 saturated heterocycles. The van der Waals surface area contributed by atoms with Crippen LogP contribution in [0.4, 0.5) is 0 Å². The molecule has 7 rings (SSSR count). The first-order valence-electron chi connectivity index (χ1n) is 16.3. The van der Waals surface area contributed by atoms with Crippen LogP contribution in [0.15, 0.2) is 12.1 Å². The molecule has 0 amide bonds. The number of fused-ring (bicyclic) bond motifs is 11. The van der Waals surface area contributed by atoms with Crippen molar-refractivity contribution >= 4 is 96.7 Å². The second-order valence-corrected chi connectivity index (χ2v) is 16.8. The SMILES string of the molecule is CCCCc1cc2c(cc(CCCC)c3c4sc5nc(C)sc5c4n(CC(C)C)c23)c2c1c1sc(C)nc1n2CC(C)C. The number of nitrogens with zero attached hydrogens (tertiary/aromatic N) is 4. The maximum Gasteiger partial charge on any atom is 0.152 e. The van der Waals surface area contributed by atoms with Crippen molar-refractivity contribution in [1.82, 2.24) is 19.1 Å². The fourth-order valence-corrected chi connectivity index (χ4v) is 10.6. The van der Waals surface area contributed by atoms with Gasteiger partial charge in [0.2, 0.25) is 0 Å². The Kier molecular flexibility index (Phi) is 7.58. The average molecular weight is 629 g/mol. The molecule has 0 N–H and O–H groups in total. The molecule has 0 aliphatic carbocycles. The molecule has 0 fully saturated rings. The van der Waals surface area contributed by atoms with E-state index in [2.05, 4.69) is 76.7 Å². The highest BCUT2D eigenvalue weighted by Gasteiger charge is 2.27. The molecular formula is C36H44N4S3. The number of aryl methyl sites for hydroxylation is 4. The van der Waals surface area contributed by atoms with Gasteiger partial charge in [0.1, 0.15) is 4.83 Å². The van der Waals surface area contributed by atoms with Gasteiger partial charge in [-0.2, -0.15) is 0 Å². The Balaban J connectivity index is 1.73. The molecule has 0 aliphatic heterocycles. The zero-order chi connectivity index (χ0) is 30.2. The monoisotopic (exact) mass is 628 g/mol. The molecule has 5 heterocycles. The van der Waals surface area contributed by atoms with Gasteiger partial charge in [-0.05, 0) is 74.6 Å². The molecule has 0 atom stereocenters. The van der Waals surface area contributed by atoms with Gasteiger partial charge >= 0.3 is 0 Å². The van der Waals surface area contributed by atoms with E-state index in [0.29, 0.717) is 11.8 Å². The van der Waals surface area contributed by atoms with Gasteiger partial charge in [0.25, 0.3) is 0 Å². The summed E-state index contributed by atoms with van der Waals surface area (Å²) in [6.07, 6.45) is 7.02. The third-order valence-electron chi connectivity index (χ3n) is 8.82. The summed E-state index contributed by atoms with van der Waals surface area (Å²) in [7, 11) is 0. The summed E-state index contributed by atoms with van der Waals surface area (Å²) >= 11 is 5.68. The van der Waals surface area contributed by atoms with E-state index in [4.69, 9.17) is 9.97 Å². The summed E-state index contributed by atoms with van der Waals surface area (Å²) in [5.41, 5.74) is 8.50. The van der Waals surface area contributed by atoms with Crippen LogP contribution >= 0.6 is 34.0 Å². The number of thiazole rings is 2. The van der Waals surface area contributed by atoms with E-state index in [1.54, 1.807) is 0 Å². The quantitative estimate of drug-likeness (QED) is 0.151. The fraction of sp³-hybridized carbons (Fsp3) is 0.500. The highest BCUT2D eigenvalue weighted by atomic mass is 32.1. The van der Waals surface area contributed by atoms with Crippen molar-refractivity contribution in [2.75, 3.05) is 0 Å². The van der Waals surface area contributed by atoms with Crippen molar-refractivity contribution in [3.8, 4) is 0 Å². The number of benzene rings is 2. The summed E-state index contributed by atoms with van der Waals surface area (Å²) in [4.78, 5) is 11.3. The molecule has 0 bridgehead atoms. The molecule has 0 aliphatic rings. The molecule has 0 saturated carbocycles. The number of hydrogen-bond donors (Lipinski definition) is 0. The van der Waals surface area contributed by atoms with Crippen LogP contribution in [0, 0.1) is 25.7 Å². The van der Waals surface area contributed by atoms with Gasteiger partial charge in [0.15, 0.2) is 5.65 Å². The van der Waals surface area contributed by atoms with Crippen molar-refractivity contribution < 1.29 is 0 Å². The number of hydrogen-bond acceptors (Lipinski definition) is 5. The molecular weight excluding hydrogens is 585 g/mol. The highest BCUT2D eigenvalue weighted by Crippen LogP contribution is 2.49. The third kappa shape index (κ3) is 4.64. The third-order valence-corrected chi connectivity index (χ3v) is 12.0. The van der Waals surface area contributed by atoms with Crippen LogP contribution in [-0.2, 0) is 25.9 Å². The molecule has 226 valence electrons. The number of unbranched alkanes of at least 4 members (excludes halogenated alkanes) is 2. The normalized spacial score (nSPS) is 12.9. The molecule has 5 aromatic heterocycles. The molecule has 7 aromatic rings. The predicted octanol–water partition coefficient (Wildman–Crippen LogP) is 11.8. The molecule has 0 spiro atoms. The minimum atomic E-state index is 0.538. The summed E-state index contributed by atoms with van der Waals surface area (Å²) in [5, 5.41) is 8.14. The van der Waals surface area contributed by atoms with Gasteiger partial charge in [0, 0.05) is 34.6 Å². The minimum absolute atomic E-state index is 0.538. The van der Waals surface area contributed by atoms with E-state index >= 15 is 0 Å². The maximum absolute atomic E-state index is 5.16. The molecule has 43 heavy (non-hydrogen) atoms. The number of aromatic nitrogens is 4. The van der Waals surface area contributed by atoms with E-state index in [9.17, 15) is 0 Å². The van der Waals surface area contributed by atoms with Crippen molar-refractivity contribution in [2.45, 2.75) is 107 Å². The fourth-order valence-electron chi connectivity index (χ4n) is 7.17. The number of rotatable bonds is 10. The largest absolute Gasteiger partial charge is 0.338 e. The highest BCUT2D eigenvalue weighted by molar-refractivity contribution is 7.32. The first-order valence-corrected chi connectivity index (χ1v) is 18.7. The zero-order valence-corrected chi connectivity index (χ0v) is 29.4. The van der Waals surface area contributed by atoms with E-state index in [0.717, 1.165) is 25.9 Å². The first kappa shape index (κ1) is 29.2. The predicted molar refractivity (Wildman–Crippen MR) is 193 cm³/mol. The van der Waals surface area contributed by atoms with Crippen molar-refractivity contribution in [3.05, 3.63) is 33.3 Å². The van der Waals surface area contributed by atoms with Gasteiger partial charge in [0.05, 0.1) is 40.7 Å². The summed E-state index contributed by atoms with van der Waals surface area (Å²) in [6, 6.07) is 5.20. The van der Waals surface area contributed by atoms with Crippen LogP contribution in [0.25, 0.3) is 62.7 Å². The van der Waals surface area contributed by atoms with E-state index in [1.165, 1.54) is 109 Å². The van der Waals surface area contributed by atoms with Gasteiger partial charge < -0.3 is 9.13 Å². The van der Waals surface area contributed by atoms with E-state index in [-0.39, 0.29) is 0 Å². The zero-order valence-electron chi connectivity index (χ0n) is 27.0. The minimum Gasteiger partial charge on any atom is -0.338 e. The van der Waals surface area contributed by atoms with Gasteiger partial charge in [-0.3, -0.25) is 0 Å². The topological polar surface area (TPSA) is 35.6 Å². The van der Waals surface area contributed by atoms with Crippen LogP contribution in [0.1, 0.15) is 88.4 Å². The van der Waals surface area contributed by atoms with Crippen LogP contribution in [0.5, 0.6) is 0 Å². The van der Waals surface area contributed by atoms with Gasteiger partial charge in [-0.15, -0.1) is 34.0 Å². The Morgan fingerprint density at radius 3 is 1.79 bits per heavy atom. The molecule has 0 radical (unpaired) electrons. The Hall–Kier alpha value is -2.48. The lowest BCUT2D eigenvalue weighted by Gasteiger charge is -2.18. The summed E-state index contributed by atoms with van der Waals surface area (Å²) in [6.45, 7) is 20.4. The lowest BCUT2D eigenvalue weighted by atomic mass is 9.93. The first-order chi connectivity index (χ1) is 20.7. The molecule has 4 nitrogen and oxygen atoms in total. The van der Waals surface area contributed by atoms with Crippen LogP contribution < -0.4 is 0 Å². The Morgan fingerprint density at radius 2 is 1.19 bits per heavy atom. The lowest BCUT2D eigenvalue weighted by Crippen LogP contribution is -2.07. The maximum atomic E-state index is 5.16. The van der Waals surface area contributed by atoms with Crippen LogP contribution in [0.2, 0.25) is 0 Å². The van der Waals surface area contributed by atoms with Crippen LogP contribution in [0.3, 0.4) is 0 Å². The smallest absolute Gasteiger partial charge is 0.152 e. The molecule has 7 heteroatoms. The Bertz CT molecular complexity index is 2140. The second kappa shape index (κ2) is 11.1. The Morgan fingerprint density at radius 1 is 0.651 bits per heavy atom.